The summed E-state index contributed by atoms with van der Waals surface area (Å²) in [6.45, 7) is 8.36. The van der Waals surface area contributed by atoms with E-state index in [9.17, 15) is 4.79 Å². The zero-order valence-electron chi connectivity index (χ0n) is 10.8. The van der Waals surface area contributed by atoms with Gasteiger partial charge in [-0.1, -0.05) is 0 Å². The van der Waals surface area contributed by atoms with E-state index in [4.69, 9.17) is 9.68 Å². The maximum Gasteiger partial charge on any atom is 0.257 e. The summed E-state index contributed by atoms with van der Waals surface area (Å²) in [7, 11) is 0. The van der Waals surface area contributed by atoms with Crippen molar-refractivity contribution >= 4 is 5.91 Å². The molecule has 1 unspecified atom stereocenters. The molecule has 1 rings (SSSR count). The molecule has 0 spiro atoms. The van der Waals surface area contributed by atoms with Crippen LogP contribution in [0, 0.1) is 31.1 Å². The Hall–Kier alpha value is -1.76. The number of furan rings is 1. The lowest BCUT2D eigenvalue weighted by molar-refractivity contribution is 0.0751. The minimum absolute atomic E-state index is 0.0658. The topological polar surface area (TPSA) is 57.2 Å². The molecule has 4 nitrogen and oxygen atoms in total. The van der Waals surface area contributed by atoms with Crippen LogP contribution in [0.2, 0.25) is 0 Å². The van der Waals surface area contributed by atoms with Gasteiger partial charge in [-0.2, -0.15) is 5.26 Å². The Balaban J connectivity index is 2.87. The molecule has 0 aromatic carbocycles. The molecule has 0 saturated carbocycles. The van der Waals surface area contributed by atoms with E-state index in [1.807, 2.05) is 20.8 Å². The van der Waals surface area contributed by atoms with Crippen LogP contribution >= 0.6 is 0 Å². The summed E-state index contributed by atoms with van der Waals surface area (Å²) in [6, 6.07) is 3.89. The molecule has 1 atom stereocenters. The number of nitriles is 1. The number of hydrogen-bond donors (Lipinski definition) is 0. The van der Waals surface area contributed by atoms with Crippen LogP contribution in [-0.2, 0) is 0 Å². The second-order valence-electron chi connectivity index (χ2n) is 4.20. The lowest BCUT2D eigenvalue weighted by Gasteiger charge is -2.21. The largest absolute Gasteiger partial charge is 0.466 e. The van der Waals surface area contributed by atoms with Crippen LogP contribution in [0.4, 0.5) is 0 Å². The third-order valence-electron chi connectivity index (χ3n) is 2.65. The fourth-order valence-corrected chi connectivity index (χ4v) is 1.74. The molecule has 0 radical (unpaired) electrons. The van der Waals surface area contributed by atoms with Crippen molar-refractivity contribution < 1.29 is 9.21 Å². The smallest absolute Gasteiger partial charge is 0.257 e. The summed E-state index contributed by atoms with van der Waals surface area (Å²) in [4.78, 5) is 13.9. The van der Waals surface area contributed by atoms with E-state index in [1.54, 1.807) is 17.9 Å². The SMILES string of the molecule is CCN(CC(C)C#N)C(=O)c1cc(C)oc1C. The van der Waals surface area contributed by atoms with Gasteiger partial charge in [0.05, 0.1) is 17.6 Å². The first kappa shape index (κ1) is 13.3. The highest BCUT2D eigenvalue weighted by atomic mass is 16.3. The molecule has 0 bridgehead atoms. The van der Waals surface area contributed by atoms with Crippen molar-refractivity contribution in [2.24, 2.45) is 5.92 Å². The van der Waals surface area contributed by atoms with Crippen molar-refractivity contribution in [1.82, 2.24) is 4.90 Å². The van der Waals surface area contributed by atoms with Gasteiger partial charge in [0.1, 0.15) is 11.5 Å². The van der Waals surface area contributed by atoms with Crippen molar-refractivity contribution in [2.75, 3.05) is 13.1 Å². The summed E-state index contributed by atoms with van der Waals surface area (Å²) in [5.74, 6) is 1.14. The highest BCUT2D eigenvalue weighted by Crippen LogP contribution is 2.16. The zero-order chi connectivity index (χ0) is 13.0. The molecule has 1 amide bonds. The van der Waals surface area contributed by atoms with Gasteiger partial charge in [0, 0.05) is 13.1 Å². The Kier molecular flexibility index (Phi) is 4.33. The second kappa shape index (κ2) is 5.53. The molecule has 0 aliphatic rings. The molecular formula is C13H18N2O2. The van der Waals surface area contributed by atoms with Crippen LogP contribution in [-0.4, -0.2) is 23.9 Å². The Bertz CT molecular complexity index is 443. The van der Waals surface area contributed by atoms with Crippen LogP contribution < -0.4 is 0 Å². The summed E-state index contributed by atoms with van der Waals surface area (Å²) in [5, 5.41) is 8.78. The molecule has 92 valence electrons. The van der Waals surface area contributed by atoms with Crippen molar-refractivity contribution in [3.63, 3.8) is 0 Å². The molecule has 0 fully saturated rings. The van der Waals surface area contributed by atoms with Crippen LogP contribution in [0.25, 0.3) is 0 Å². The van der Waals surface area contributed by atoms with Gasteiger partial charge in [-0.3, -0.25) is 4.79 Å². The van der Waals surface area contributed by atoms with Crippen molar-refractivity contribution in [2.45, 2.75) is 27.7 Å². The second-order valence-corrected chi connectivity index (χ2v) is 4.20. The first-order valence-electron chi connectivity index (χ1n) is 5.75. The number of rotatable bonds is 4. The van der Waals surface area contributed by atoms with Crippen LogP contribution in [0.1, 0.15) is 35.7 Å². The maximum atomic E-state index is 12.2. The first-order valence-corrected chi connectivity index (χ1v) is 5.75. The van der Waals surface area contributed by atoms with Gasteiger partial charge in [0.2, 0.25) is 0 Å². The predicted octanol–water partition coefficient (Wildman–Crippen LogP) is 2.52. The van der Waals surface area contributed by atoms with Gasteiger partial charge < -0.3 is 9.32 Å². The molecule has 1 aromatic rings. The summed E-state index contributed by atoms with van der Waals surface area (Å²) >= 11 is 0. The van der Waals surface area contributed by atoms with E-state index >= 15 is 0 Å². The van der Waals surface area contributed by atoms with Crippen molar-refractivity contribution in [3.05, 3.63) is 23.2 Å². The Morgan fingerprint density at radius 1 is 1.59 bits per heavy atom. The average molecular weight is 234 g/mol. The van der Waals surface area contributed by atoms with E-state index < -0.39 is 0 Å². The first-order chi connectivity index (χ1) is 7.99. The summed E-state index contributed by atoms with van der Waals surface area (Å²) in [5.41, 5.74) is 0.592. The number of hydrogen-bond acceptors (Lipinski definition) is 3. The number of nitrogens with zero attached hydrogens (tertiary/aromatic N) is 2. The van der Waals surface area contributed by atoms with Gasteiger partial charge in [0.15, 0.2) is 0 Å². The van der Waals surface area contributed by atoms with Gasteiger partial charge in [-0.05, 0) is 33.8 Å². The monoisotopic (exact) mass is 234 g/mol. The standard InChI is InChI=1S/C13H18N2O2/c1-5-15(8-9(2)7-14)13(16)12-6-10(3)17-11(12)4/h6,9H,5,8H2,1-4H3. The van der Waals surface area contributed by atoms with Crippen LogP contribution in [0.15, 0.2) is 10.5 Å². The Labute approximate surface area is 102 Å². The molecule has 0 N–H and O–H groups in total. The van der Waals surface area contributed by atoms with Crippen LogP contribution in [0.5, 0.6) is 0 Å². The lowest BCUT2D eigenvalue weighted by Crippen LogP contribution is -2.34. The fourth-order valence-electron chi connectivity index (χ4n) is 1.74. The zero-order valence-corrected chi connectivity index (χ0v) is 10.8. The Morgan fingerprint density at radius 2 is 2.24 bits per heavy atom. The van der Waals surface area contributed by atoms with Gasteiger partial charge in [0.25, 0.3) is 5.91 Å². The summed E-state index contributed by atoms with van der Waals surface area (Å²) < 4.78 is 5.35. The quantitative estimate of drug-likeness (QED) is 0.804. The minimum atomic E-state index is -0.160. The van der Waals surface area contributed by atoms with E-state index in [1.165, 1.54) is 0 Å². The van der Waals surface area contributed by atoms with Gasteiger partial charge in [-0.15, -0.1) is 0 Å². The molecule has 0 saturated heterocycles. The minimum Gasteiger partial charge on any atom is -0.466 e. The van der Waals surface area contributed by atoms with E-state index in [-0.39, 0.29) is 11.8 Å². The Morgan fingerprint density at radius 3 is 2.65 bits per heavy atom. The molecule has 4 heteroatoms. The molecule has 1 heterocycles. The third kappa shape index (κ3) is 3.10. The van der Waals surface area contributed by atoms with Crippen molar-refractivity contribution in [3.8, 4) is 6.07 Å². The lowest BCUT2D eigenvalue weighted by atomic mass is 10.1. The number of aryl methyl sites for hydroxylation is 2. The molecule has 1 aromatic heterocycles. The molecular weight excluding hydrogens is 216 g/mol. The highest BCUT2D eigenvalue weighted by molar-refractivity contribution is 5.95. The summed E-state index contributed by atoms with van der Waals surface area (Å²) in [6.07, 6.45) is 0. The van der Waals surface area contributed by atoms with Crippen LogP contribution in [0.3, 0.4) is 0 Å². The predicted molar refractivity (Wildman–Crippen MR) is 64.5 cm³/mol. The number of carbonyl (C=O) groups is 1. The number of carbonyl (C=O) groups excluding carboxylic acids is 1. The highest BCUT2D eigenvalue weighted by Gasteiger charge is 2.20. The third-order valence-corrected chi connectivity index (χ3v) is 2.65. The number of amides is 1. The average Bonchev–Trinajstić information content (AvgIpc) is 2.64. The van der Waals surface area contributed by atoms with Gasteiger partial charge in [-0.25, -0.2) is 0 Å². The van der Waals surface area contributed by atoms with Crippen molar-refractivity contribution in [1.29, 1.82) is 5.26 Å². The maximum absolute atomic E-state index is 12.2. The van der Waals surface area contributed by atoms with E-state index in [2.05, 4.69) is 6.07 Å². The molecule has 0 aliphatic carbocycles. The fraction of sp³-hybridized carbons (Fsp3) is 0.538. The van der Waals surface area contributed by atoms with Gasteiger partial charge >= 0.3 is 0 Å². The molecule has 17 heavy (non-hydrogen) atoms. The van der Waals surface area contributed by atoms with E-state index in [0.717, 1.165) is 5.76 Å². The normalized spacial score (nSPS) is 11.9. The van der Waals surface area contributed by atoms with E-state index in [0.29, 0.717) is 24.4 Å². The molecule has 0 aliphatic heterocycles.